The minimum atomic E-state index is -0.137. The van der Waals surface area contributed by atoms with Crippen LogP contribution in [0, 0.1) is 0 Å². The highest BCUT2D eigenvalue weighted by Gasteiger charge is 2.33. The van der Waals surface area contributed by atoms with Gasteiger partial charge in [-0.05, 0) is 55.0 Å². The van der Waals surface area contributed by atoms with Gasteiger partial charge in [-0.3, -0.25) is 9.69 Å². The summed E-state index contributed by atoms with van der Waals surface area (Å²) in [5, 5.41) is 0. The minimum Gasteiger partial charge on any atom is -0.490 e. The molecule has 0 spiro atoms. The molecule has 0 saturated carbocycles. The fraction of sp³-hybridized carbons (Fsp3) is 0.143. The molecule has 7 heteroatoms. The zero-order valence-electron chi connectivity index (χ0n) is 15.2. The second-order valence-corrected chi connectivity index (χ2v) is 8.32. The number of anilines is 1. The van der Waals surface area contributed by atoms with Gasteiger partial charge in [0.1, 0.15) is 6.61 Å². The van der Waals surface area contributed by atoms with Crippen LogP contribution in [-0.2, 0) is 4.79 Å². The monoisotopic (exact) mass is 475 g/mol. The molecule has 1 aliphatic heterocycles. The van der Waals surface area contributed by atoms with Crippen molar-refractivity contribution in [1.82, 2.24) is 0 Å². The minimum absolute atomic E-state index is 0.137. The number of thiocarbonyl (C=S) groups is 1. The zero-order chi connectivity index (χ0) is 20.1. The first kappa shape index (κ1) is 20.6. The fourth-order valence-corrected chi connectivity index (χ4v) is 4.15. The third-order valence-corrected chi connectivity index (χ3v) is 5.63. The number of halogens is 1. The molecule has 0 radical (unpaired) electrons. The molecule has 1 amide bonds. The molecule has 0 unspecified atom stereocenters. The average molecular weight is 476 g/mol. The van der Waals surface area contributed by atoms with Crippen LogP contribution in [0.15, 0.2) is 64.5 Å². The predicted octanol–water partition coefficient (Wildman–Crippen LogP) is 5.82. The molecule has 1 fully saturated rings. The maximum atomic E-state index is 12.9. The van der Waals surface area contributed by atoms with Gasteiger partial charge in [-0.15, -0.1) is 0 Å². The maximum absolute atomic E-state index is 12.9. The molecule has 0 N–H and O–H groups in total. The van der Waals surface area contributed by atoms with E-state index in [1.165, 1.54) is 11.8 Å². The molecule has 1 saturated heterocycles. The SMILES string of the molecule is C=CCOc1ccc(C=C2SC(=S)N(c3ccc(Br)cc3)C2=O)cc1OCC. The Labute approximate surface area is 182 Å². The van der Waals surface area contributed by atoms with Crippen molar-refractivity contribution in [3.8, 4) is 11.5 Å². The summed E-state index contributed by atoms with van der Waals surface area (Å²) < 4.78 is 12.7. The highest BCUT2D eigenvalue weighted by molar-refractivity contribution is 9.10. The molecule has 28 heavy (non-hydrogen) atoms. The summed E-state index contributed by atoms with van der Waals surface area (Å²) in [6.07, 6.45) is 3.50. The summed E-state index contributed by atoms with van der Waals surface area (Å²) in [7, 11) is 0. The van der Waals surface area contributed by atoms with Crippen molar-refractivity contribution in [3.05, 3.63) is 70.1 Å². The van der Waals surface area contributed by atoms with E-state index in [4.69, 9.17) is 21.7 Å². The molecule has 1 aliphatic rings. The lowest BCUT2D eigenvalue weighted by Gasteiger charge is -2.14. The van der Waals surface area contributed by atoms with E-state index in [-0.39, 0.29) is 5.91 Å². The highest BCUT2D eigenvalue weighted by Crippen LogP contribution is 2.37. The predicted molar refractivity (Wildman–Crippen MR) is 123 cm³/mol. The summed E-state index contributed by atoms with van der Waals surface area (Å²) >= 11 is 10.1. The highest BCUT2D eigenvalue weighted by atomic mass is 79.9. The molecule has 144 valence electrons. The first-order valence-electron chi connectivity index (χ1n) is 8.57. The van der Waals surface area contributed by atoms with E-state index in [1.807, 2.05) is 55.5 Å². The van der Waals surface area contributed by atoms with E-state index in [0.29, 0.717) is 33.9 Å². The van der Waals surface area contributed by atoms with E-state index in [0.717, 1.165) is 15.7 Å². The summed E-state index contributed by atoms with van der Waals surface area (Å²) in [4.78, 5) is 15.0. The van der Waals surface area contributed by atoms with Crippen molar-refractivity contribution in [2.24, 2.45) is 0 Å². The number of nitrogens with zero attached hydrogens (tertiary/aromatic N) is 1. The van der Waals surface area contributed by atoms with Gasteiger partial charge in [-0.2, -0.15) is 0 Å². The van der Waals surface area contributed by atoms with Crippen LogP contribution in [0.4, 0.5) is 5.69 Å². The second-order valence-electron chi connectivity index (χ2n) is 5.73. The normalized spacial score (nSPS) is 15.2. The number of hydrogen-bond acceptors (Lipinski definition) is 5. The van der Waals surface area contributed by atoms with Gasteiger partial charge in [0, 0.05) is 4.47 Å². The smallest absolute Gasteiger partial charge is 0.270 e. The molecule has 0 bridgehead atoms. The Morgan fingerprint density at radius 1 is 1.18 bits per heavy atom. The summed E-state index contributed by atoms with van der Waals surface area (Å²) in [5.74, 6) is 1.13. The lowest BCUT2D eigenvalue weighted by molar-refractivity contribution is -0.113. The molecule has 2 aromatic rings. The van der Waals surface area contributed by atoms with Crippen LogP contribution in [-0.4, -0.2) is 23.4 Å². The average Bonchev–Trinajstić information content (AvgIpc) is 2.95. The van der Waals surface area contributed by atoms with Crippen molar-refractivity contribution < 1.29 is 14.3 Å². The molecular formula is C21H18BrNO3S2. The van der Waals surface area contributed by atoms with Crippen LogP contribution >= 0.6 is 39.9 Å². The largest absolute Gasteiger partial charge is 0.490 e. The lowest BCUT2D eigenvalue weighted by Crippen LogP contribution is -2.27. The first-order chi connectivity index (χ1) is 13.5. The van der Waals surface area contributed by atoms with Crippen LogP contribution in [0.5, 0.6) is 11.5 Å². The maximum Gasteiger partial charge on any atom is 0.270 e. The van der Waals surface area contributed by atoms with Gasteiger partial charge in [0.25, 0.3) is 5.91 Å². The van der Waals surface area contributed by atoms with Gasteiger partial charge < -0.3 is 9.47 Å². The zero-order valence-corrected chi connectivity index (χ0v) is 18.4. The van der Waals surface area contributed by atoms with Gasteiger partial charge in [-0.25, -0.2) is 0 Å². The van der Waals surface area contributed by atoms with Crippen molar-refractivity contribution >= 4 is 61.9 Å². The van der Waals surface area contributed by atoms with E-state index in [2.05, 4.69) is 22.5 Å². The number of ether oxygens (including phenoxy) is 2. The molecule has 4 nitrogen and oxygen atoms in total. The van der Waals surface area contributed by atoms with Gasteiger partial charge in [-0.1, -0.05) is 58.6 Å². The van der Waals surface area contributed by atoms with E-state index in [9.17, 15) is 4.79 Å². The number of carbonyl (C=O) groups is 1. The number of thioether (sulfide) groups is 1. The Bertz CT molecular complexity index is 941. The Kier molecular flexibility index (Phi) is 6.93. The molecule has 0 aliphatic carbocycles. The van der Waals surface area contributed by atoms with Gasteiger partial charge in [0.2, 0.25) is 0 Å². The van der Waals surface area contributed by atoms with E-state index >= 15 is 0 Å². The fourth-order valence-electron chi connectivity index (χ4n) is 2.58. The Morgan fingerprint density at radius 3 is 2.61 bits per heavy atom. The Hall–Kier alpha value is -2.09. The lowest BCUT2D eigenvalue weighted by atomic mass is 10.1. The van der Waals surface area contributed by atoms with Crippen LogP contribution in [0.2, 0.25) is 0 Å². The third kappa shape index (κ3) is 4.66. The third-order valence-electron chi connectivity index (χ3n) is 3.80. The molecule has 0 atom stereocenters. The van der Waals surface area contributed by atoms with Crippen molar-refractivity contribution in [2.45, 2.75) is 6.92 Å². The molecular weight excluding hydrogens is 458 g/mol. The number of amides is 1. The number of carbonyl (C=O) groups excluding carboxylic acids is 1. The quantitative estimate of drug-likeness (QED) is 0.286. The second kappa shape index (κ2) is 9.41. The first-order valence-corrected chi connectivity index (χ1v) is 10.6. The Morgan fingerprint density at radius 2 is 1.93 bits per heavy atom. The van der Waals surface area contributed by atoms with Gasteiger partial charge >= 0.3 is 0 Å². The molecule has 3 rings (SSSR count). The van der Waals surface area contributed by atoms with Gasteiger partial charge in [0.15, 0.2) is 15.8 Å². The standard InChI is InChI=1S/C21H18BrNO3S2/c1-3-11-26-17-10-5-14(12-18(17)25-4-2)13-19-20(24)23(21(27)28-19)16-8-6-15(22)7-9-16/h3,5-10,12-13H,1,4,11H2,2H3. The molecule has 1 heterocycles. The Balaban J connectivity index is 1.87. The molecule has 0 aromatic heterocycles. The van der Waals surface area contributed by atoms with Crippen LogP contribution < -0.4 is 14.4 Å². The van der Waals surface area contributed by atoms with E-state index in [1.54, 1.807) is 11.0 Å². The number of benzene rings is 2. The topological polar surface area (TPSA) is 38.8 Å². The van der Waals surface area contributed by atoms with Crippen molar-refractivity contribution in [3.63, 3.8) is 0 Å². The number of hydrogen-bond donors (Lipinski definition) is 0. The van der Waals surface area contributed by atoms with Crippen LogP contribution in [0.3, 0.4) is 0 Å². The number of rotatable bonds is 7. The summed E-state index contributed by atoms with van der Waals surface area (Å²) in [6, 6.07) is 13.0. The summed E-state index contributed by atoms with van der Waals surface area (Å²) in [6.45, 7) is 6.47. The van der Waals surface area contributed by atoms with Crippen molar-refractivity contribution in [1.29, 1.82) is 0 Å². The van der Waals surface area contributed by atoms with Gasteiger partial charge in [0.05, 0.1) is 17.2 Å². The summed E-state index contributed by atoms with van der Waals surface area (Å²) in [5.41, 5.74) is 1.59. The van der Waals surface area contributed by atoms with Crippen LogP contribution in [0.25, 0.3) is 6.08 Å². The van der Waals surface area contributed by atoms with Crippen molar-refractivity contribution in [2.75, 3.05) is 18.1 Å². The molecule has 2 aromatic carbocycles. The van der Waals surface area contributed by atoms with E-state index < -0.39 is 0 Å². The van der Waals surface area contributed by atoms with Crippen LogP contribution in [0.1, 0.15) is 12.5 Å².